The van der Waals surface area contributed by atoms with Gasteiger partial charge in [0.25, 0.3) is 0 Å². The summed E-state index contributed by atoms with van der Waals surface area (Å²) in [6, 6.07) is 1.19. The Labute approximate surface area is 120 Å². The van der Waals surface area contributed by atoms with E-state index in [1.807, 2.05) is 0 Å². The zero-order valence-corrected chi connectivity index (χ0v) is 12.5. The molecule has 0 fully saturated rings. The van der Waals surface area contributed by atoms with Crippen LogP contribution in [0.2, 0.25) is 0 Å². The fraction of sp³-hybridized carbons (Fsp3) is 0.167. The van der Waals surface area contributed by atoms with Crippen molar-refractivity contribution in [2.45, 2.75) is 4.90 Å². The minimum atomic E-state index is -3.39. The zero-order valence-electron chi connectivity index (χ0n) is 6.81. The summed E-state index contributed by atoms with van der Waals surface area (Å²) in [5.41, 5.74) is 0. The van der Waals surface area contributed by atoms with Crippen LogP contribution >= 0.6 is 0 Å². The first-order valence-electron chi connectivity index (χ1n) is 2.83. The number of hydrogen-bond donors (Lipinski definition) is 0. The molecule has 0 saturated carbocycles. The van der Waals surface area contributed by atoms with Crippen molar-refractivity contribution in [2.24, 2.45) is 0 Å². The summed E-state index contributed by atoms with van der Waals surface area (Å²) in [7, 11) is -3.39. The second-order valence-electron chi connectivity index (χ2n) is 2.09. The van der Waals surface area contributed by atoms with Gasteiger partial charge in [0.05, 0.1) is 4.90 Å². The van der Waals surface area contributed by atoms with Crippen molar-refractivity contribution in [2.75, 3.05) is 6.26 Å². The van der Waals surface area contributed by atoms with E-state index in [0.717, 1.165) is 12.5 Å². The Balaban J connectivity index is 0.00000121. The van der Waals surface area contributed by atoms with Crippen LogP contribution in [0.3, 0.4) is 0 Å². The van der Waals surface area contributed by atoms with Gasteiger partial charge in [-0.05, 0) is 6.07 Å². The molecule has 1 heterocycles. The maximum absolute atomic E-state index is 10.8. The summed E-state index contributed by atoms with van der Waals surface area (Å²) in [6.45, 7) is 0. The first-order valence-corrected chi connectivity index (χ1v) is 4.72. The smallest absolute Gasteiger partial charge is 0.871 e. The van der Waals surface area contributed by atoms with Gasteiger partial charge in [0.2, 0.25) is 0 Å². The van der Waals surface area contributed by atoms with E-state index in [-0.39, 0.29) is 63.1 Å². The normalized spacial score (nSPS) is 10.4. The van der Waals surface area contributed by atoms with Crippen LogP contribution in [0.25, 0.3) is 0 Å². The summed E-state index contributed by atoms with van der Waals surface area (Å²) in [4.78, 5) is 3.28. The van der Waals surface area contributed by atoms with Crippen molar-refractivity contribution in [3.8, 4) is 5.75 Å². The minimum absolute atomic E-state index is 0. The second-order valence-corrected chi connectivity index (χ2v) is 4.08. The quantitative estimate of drug-likeness (QED) is 0.525. The Hall–Kier alpha value is 0.705. The van der Waals surface area contributed by atoms with Crippen LogP contribution in [0.15, 0.2) is 23.4 Å². The SMILES string of the molecule is CS(=O)(=O)c1ccncc1[O-].[Rb+]. The van der Waals surface area contributed by atoms with E-state index in [2.05, 4.69) is 4.98 Å². The van der Waals surface area contributed by atoms with Crippen molar-refractivity contribution >= 4 is 9.84 Å². The second kappa shape index (κ2) is 4.81. The first-order chi connectivity index (χ1) is 5.02. The molecule has 0 aromatic carbocycles. The maximum Gasteiger partial charge on any atom is 1.00 e. The molecule has 0 radical (unpaired) electrons. The van der Waals surface area contributed by atoms with Crippen molar-refractivity contribution in [3.05, 3.63) is 18.5 Å². The Bertz CT molecular complexity index is 363. The molecule has 0 bridgehead atoms. The van der Waals surface area contributed by atoms with Crippen LogP contribution in [-0.4, -0.2) is 19.7 Å². The standard InChI is InChI=1S/C6H7NO3S.Rb/c1-11(9,10)6-2-3-7-4-5(6)8;/h2-4,8H,1H3;/q;+1/p-1. The van der Waals surface area contributed by atoms with E-state index in [1.165, 1.54) is 12.3 Å². The zero-order chi connectivity index (χ0) is 8.48. The van der Waals surface area contributed by atoms with Crippen LogP contribution < -0.4 is 63.3 Å². The van der Waals surface area contributed by atoms with Crippen molar-refractivity contribution < 1.29 is 71.7 Å². The van der Waals surface area contributed by atoms with Gasteiger partial charge < -0.3 is 5.11 Å². The average Bonchev–Trinajstić information content (AvgIpc) is 1.86. The molecular formula is C6H6NO3RbS. The van der Waals surface area contributed by atoms with Crippen LogP contribution in [0.1, 0.15) is 0 Å². The number of sulfone groups is 1. The molecule has 0 atom stereocenters. The Morgan fingerprint density at radius 2 is 2.08 bits per heavy atom. The molecule has 0 amide bonds. The molecule has 60 valence electrons. The van der Waals surface area contributed by atoms with E-state index in [1.54, 1.807) is 0 Å². The average molecular weight is 258 g/mol. The number of nitrogens with zero attached hydrogens (tertiary/aromatic N) is 1. The fourth-order valence-corrected chi connectivity index (χ4v) is 1.40. The van der Waals surface area contributed by atoms with Crippen LogP contribution in [-0.2, 0) is 9.84 Å². The minimum Gasteiger partial charge on any atom is -0.871 e. The summed E-state index contributed by atoms with van der Waals surface area (Å²) >= 11 is 0. The number of pyridine rings is 1. The molecule has 1 aromatic rings. The molecule has 0 aliphatic carbocycles. The third-order valence-corrected chi connectivity index (χ3v) is 2.28. The molecule has 6 heteroatoms. The largest absolute Gasteiger partial charge is 1.00 e. The van der Waals surface area contributed by atoms with Crippen molar-refractivity contribution in [1.82, 2.24) is 4.98 Å². The first kappa shape index (κ1) is 12.7. The molecule has 0 N–H and O–H groups in total. The number of rotatable bonds is 1. The molecule has 0 aliphatic heterocycles. The third-order valence-electron chi connectivity index (χ3n) is 1.15. The van der Waals surface area contributed by atoms with Gasteiger partial charge in [-0.15, -0.1) is 0 Å². The van der Waals surface area contributed by atoms with Crippen LogP contribution in [0.5, 0.6) is 5.75 Å². The summed E-state index contributed by atoms with van der Waals surface area (Å²) in [5.74, 6) is -0.560. The van der Waals surface area contributed by atoms with Crippen LogP contribution in [0, 0.1) is 0 Å². The van der Waals surface area contributed by atoms with Crippen molar-refractivity contribution in [1.29, 1.82) is 0 Å². The summed E-state index contributed by atoms with van der Waals surface area (Å²) < 4.78 is 21.7. The number of hydrogen-bond acceptors (Lipinski definition) is 4. The Kier molecular flexibility index (Phi) is 5.09. The molecule has 4 nitrogen and oxygen atoms in total. The van der Waals surface area contributed by atoms with Gasteiger partial charge >= 0.3 is 58.2 Å². The summed E-state index contributed by atoms with van der Waals surface area (Å²) in [6.07, 6.45) is 3.25. The molecule has 0 saturated heterocycles. The van der Waals surface area contributed by atoms with Gasteiger partial charge in [-0.3, -0.25) is 4.98 Å². The van der Waals surface area contributed by atoms with Crippen LogP contribution in [0.4, 0.5) is 0 Å². The molecule has 12 heavy (non-hydrogen) atoms. The van der Waals surface area contributed by atoms with E-state index < -0.39 is 15.6 Å². The van der Waals surface area contributed by atoms with Gasteiger partial charge in [0.1, 0.15) is 0 Å². The van der Waals surface area contributed by atoms with E-state index >= 15 is 0 Å². The molecule has 0 spiro atoms. The van der Waals surface area contributed by atoms with E-state index in [9.17, 15) is 13.5 Å². The van der Waals surface area contributed by atoms with Gasteiger partial charge in [0.15, 0.2) is 9.84 Å². The Morgan fingerprint density at radius 3 is 2.42 bits per heavy atom. The monoisotopic (exact) mass is 257 g/mol. The third kappa shape index (κ3) is 3.22. The van der Waals surface area contributed by atoms with Gasteiger partial charge in [-0.25, -0.2) is 8.42 Å². The Morgan fingerprint density at radius 1 is 1.50 bits per heavy atom. The van der Waals surface area contributed by atoms with Gasteiger partial charge in [-0.1, -0.05) is 5.75 Å². The maximum atomic E-state index is 10.8. The summed E-state index contributed by atoms with van der Waals surface area (Å²) in [5, 5.41) is 10.8. The molecule has 1 aromatic heterocycles. The molecule has 0 aliphatic rings. The number of aromatic nitrogens is 1. The predicted octanol–water partition coefficient (Wildman–Crippen LogP) is -3.44. The van der Waals surface area contributed by atoms with Crippen molar-refractivity contribution in [3.63, 3.8) is 0 Å². The van der Waals surface area contributed by atoms with E-state index in [0.29, 0.717) is 0 Å². The van der Waals surface area contributed by atoms with Gasteiger partial charge in [0, 0.05) is 18.6 Å². The van der Waals surface area contributed by atoms with Gasteiger partial charge in [-0.2, -0.15) is 0 Å². The topological polar surface area (TPSA) is 70.1 Å². The molecule has 0 unspecified atom stereocenters. The fourth-order valence-electron chi connectivity index (χ4n) is 0.674. The predicted molar refractivity (Wildman–Crippen MR) is 36.8 cm³/mol. The molecular weight excluding hydrogens is 252 g/mol. The van der Waals surface area contributed by atoms with E-state index in [4.69, 9.17) is 0 Å². The molecule has 1 rings (SSSR count).